The number of ether oxygens (including phenoxy) is 2. The molecule has 4 heteroatoms. The molecule has 3 aromatic carbocycles. The van der Waals surface area contributed by atoms with Crippen LogP contribution in [-0.4, -0.2) is 0 Å². The molecule has 2 unspecified atom stereocenters. The van der Waals surface area contributed by atoms with Gasteiger partial charge in [-0.2, -0.15) is 0 Å². The number of anilines is 2. The predicted octanol–water partition coefficient (Wildman–Crippen LogP) is 4.69. The van der Waals surface area contributed by atoms with Crippen molar-refractivity contribution >= 4 is 11.4 Å². The number of hydrogen-bond acceptors (Lipinski definition) is 4. The van der Waals surface area contributed by atoms with Gasteiger partial charge >= 0.3 is 0 Å². The molecule has 118 valence electrons. The van der Waals surface area contributed by atoms with E-state index in [1.165, 1.54) is 0 Å². The van der Waals surface area contributed by atoms with Crippen molar-refractivity contribution in [2.24, 2.45) is 0 Å². The largest absolute Gasteiger partial charge is 0.464 e. The normalized spacial score (nSPS) is 20.2. The molecule has 0 bridgehead atoms. The number of benzene rings is 3. The molecule has 0 aromatic heterocycles. The molecule has 0 radical (unpaired) electrons. The first-order valence-corrected chi connectivity index (χ1v) is 8.01. The molecule has 3 aromatic rings. The number of hydrogen-bond donors (Lipinski definition) is 2. The van der Waals surface area contributed by atoms with Crippen LogP contribution in [0.1, 0.15) is 23.6 Å². The lowest BCUT2D eigenvalue weighted by Gasteiger charge is -2.15. The van der Waals surface area contributed by atoms with Crippen molar-refractivity contribution in [1.82, 2.24) is 0 Å². The fraction of sp³-hybridized carbons (Fsp3) is 0.100. The van der Waals surface area contributed by atoms with E-state index in [1.807, 2.05) is 48.5 Å². The van der Waals surface area contributed by atoms with Crippen LogP contribution < -0.4 is 20.1 Å². The van der Waals surface area contributed by atoms with Crippen molar-refractivity contribution in [3.8, 4) is 11.5 Å². The lowest BCUT2D eigenvalue weighted by Crippen LogP contribution is -2.12. The van der Waals surface area contributed by atoms with Crippen LogP contribution >= 0.6 is 0 Å². The van der Waals surface area contributed by atoms with Crippen LogP contribution in [0.4, 0.5) is 11.4 Å². The van der Waals surface area contributed by atoms with Crippen LogP contribution in [0.3, 0.4) is 0 Å². The SMILES string of the molecule is c1ccc2c(c1)NC(c1ccc(C3Nc4ccccc4O3)cc1)O2. The van der Waals surface area contributed by atoms with Crippen LogP contribution in [0.15, 0.2) is 72.8 Å². The Balaban J connectivity index is 1.34. The van der Waals surface area contributed by atoms with E-state index >= 15 is 0 Å². The topological polar surface area (TPSA) is 42.5 Å². The maximum absolute atomic E-state index is 5.95. The Morgan fingerprint density at radius 3 is 1.38 bits per heavy atom. The van der Waals surface area contributed by atoms with Crippen LogP contribution in [-0.2, 0) is 0 Å². The average Bonchev–Trinajstić information content (AvgIpc) is 3.25. The van der Waals surface area contributed by atoms with E-state index in [4.69, 9.17) is 9.47 Å². The van der Waals surface area contributed by atoms with Gasteiger partial charge in [0.05, 0.1) is 11.4 Å². The van der Waals surface area contributed by atoms with E-state index in [0.717, 1.165) is 34.0 Å². The van der Waals surface area contributed by atoms with Crippen molar-refractivity contribution < 1.29 is 9.47 Å². The van der Waals surface area contributed by atoms with Gasteiger partial charge in [-0.1, -0.05) is 48.5 Å². The smallest absolute Gasteiger partial charge is 0.196 e. The molecule has 2 N–H and O–H groups in total. The van der Waals surface area contributed by atoms with E-state index in [-0.39, 0.29) is 12.5 Å². The van der Waals surface area contributed by atoms with Gasteiger partial charge in [-0.25, -0.2) is 0 Å². The van der Waals surface area contributed by atoms with Gasteiger partial charge in [0.2, 0.25) is 0 Å². The molecule has 2 aliphatic heterocycles. The van der Waals surface area contributed by atoms with Gasteiger partial charge in [0.15, 0.2) is 12.5 Å². The van der Waals surface area contributed by atoms with Gasteiger partial charge in [-0.3, -0.25) is 0 Å². The third-order valence-electron chi connectivity index (χ3n) is 4.38. The monoisotopic (exact) mass is 316 g/mol. The summed E-state index contributed by atoms with van der Waals surface area (Å²) >= 11 is 0. The van der Waals surface area contributed by atoms with Crippen molar-refractivity contribution in [2.45, 2.75) is 12.5 Å². The molecule has 4 nitrogen and oxygen atoms in total. The molecular formula is C20H16N2O2. The minimum atomic E-state index is -0.147. The zero-order chi connectivity index (χ0) is 15.9. The van der Waals surface area contributed by atoms with Crippen molar-refractivity contribution in [2.75, 3.05) is 10.6 Å². The fourth-order valence-electron chi connectivity index (χ4n) is 3.12. The maximum Gasteiger partial charge on any atom is 0.196 e. The molecule has 0 spiro atoms. The third-order valence-corrected chi connectivity index (χ3v) is 4.38. The summed E-state index contributed by atoms with van der Waals surface area (Å²) in [6, 6.07) is 24.3. The molecular weight excluding hydrogens is 300 g/mol. The van der Waals surface area contributed by atoms with Gasteiger partial charge in [-0.05, 0) is 24.3 Å². The lowest BCUT2D eigenvalue weighted by atomic mass is 10.1. The molecule has 2 aliphatic rings. The average molecular weight is 316 g/mol. The first-order chi connectivity index (χ1) is 11.9. The Labute approximate surface area is 140 Å². The van der Waals surface area contributed by atoms with E-state index in [2.05, 4.69) is 34.9 Å². The summed E-state index contributed by atoms with van der Waals surface area (Å²) in [4.78, 5) is 0. The Hall–Kier alpha value is -3.14. The summed E-state index contributed by atoms with van der Waals surface area (Å²) in [5.41, 5.74) is 4.24. The second kappa shape index (κ2) is 5.20. The summed E-state index contributed by atoms with van der Waals surface area (Å²) in [5.74, 6) is 1.78. The zero-order valence-electron chi connectivity index (χ0n) is 12.9. The molecule has 0 saturated heterocycles. The van der Waals surface area contributed by atoms with Gasteiger partial charge < -0.3 is 20.1 Å². The quantitative estimate of drug-likeness (QED) is 0.719. The maximum atomic E-state index is 5.95. The van der Waals surface area contributed by atoms with Crippen molar-refractivity contribution in [3.05, 3.63) is 83.9 Å². The second-order valence-electron chi connectivity index (χ2n) is 5.94. The van der Waals surface area contributed by atoms with E-state index in [1.54, 1.807) is 0 Å². The highest BCUT2D eigenvalue weighted by molar-refractivity contribution is 5.62. The van der Waals surface area contributed by atoms with Crippen LogP contribution in [0.25, 0.3) is 0 Å². The molecule has 24 heavy (non-hydrogen) atoms. The lowest BCUT2D eigenvalue weighted by molar-refractivity contribution is 0.256. The van der Waals surface area contributed by atoms with Gasteiger partial charge in [0, 0.05) is 11.1 Å². The molecule has 2 heterocycles. The standard InChI is InChI=1S/C20H16N2O2/c1-3-7-17-15(5-1)21-19(23-17)13-9-11-14(12-10-13)20-22-16-6-2-4-8-18(16)24-20/h1-12,19-22H. The summed E-state index contributed by atoms with van der Waals surface area (Å²) in [5, 5.41) is 6.77. The van der Waals surface area contributed by atoms with E-state index in [0.29, 0.717) is 0 Å². The Bertz CT molecular complexity index is 768. The van der Waals surface area contributed by atoms with Gasteiger partial charge in [0.1, 0.15) is 11.5 Å². The van der Waals surface area contributed by atoms with E-state index < -0.39 is 0 Å². The predicted molar refractivity (Wildman–Crippen MR) is 93.3 cm³/mol. The van der Waals surface area contributed by atoms with Crippen LogP contribution in [0.2, 0.25) is 0 Å². The Kier molecular flexibility index (Phi) is 2.88. The zero-order valence-corrected chi connectivity index (χ0v) is 12.9. The number of fused-ring (bicyclic) bond motifs is 2. The van der Waals surface area contributed by atoms with Crippen LogP contribution in [0.5, 0.6) is 11.5 Å². The van der Waals surface area contributed by atoms with Gasteiger partial charge in [0.25, 0.3) is 0 Å². The Morgan fingerprint density at radius 1 is 0.542 bits per heavy atom. The molecule has 0 saturated carbocycles. The molecule has 2 atom stereocenters. The molecule has 0 aliphatic carbocycles. The van der Waals surface area contributed by atoms with E-state index in [9.17, 15) is 0 Å². The third kappa shape index (κ3) is 2.15. The number of para-hydroxylation sites is 4. The first-order valence-electron chi connectivity index (χ1n) is 8.01. The number of nitrogens with one attached hydrogen (secondary N) is 2. The second-order valence-corrected chi connectivity index (χ2v) is 5.94. The van der Waals surface area contributed by atoms with Gasteiger partial charge in [-0.15, -0.1) is 0 Å². The minimum Gasteiger partial charge on any atom is -0.464 e. The Morgan fingerprint density at radius 2 is 0.958 bits per heavy atom. The minimum absolute atomic E-state index is 0.147. The summed E-state index contributed by atoms with van der Waals surface area (Å²) in [7, 11) is 0. The van der Waals surface area contributed by atoms with Crippen LogP contribution in [0, 0.1) is 0 Å². The summed E-state index contributed by atoms with van der Waals surface area (Å²) in [6.45, 7) is 0. The molecule has 5 rings (SSSR count). The molecule has 0 fully saturated rings. The fourth-order valence-corrected chi connectivity index (χ4v) is 3.12. The first kappa shape index (κ1) is 13.3. The number of rotatable bonds is 2. The van der Waals surface area contributed by atoms with Crippen molar-refractivity contribution in [1.29, 1.82) is 0 Å². The molecule has 0 amide bonds. The summed E-state index contributed by atoms with van der Waals surface area (Å²) in [6.07, 6.45) is -0.294. The highest BCUT2D eigenvalue weighted by Crippen LogP contribution is 2.39. The highest BCUT2D eigenvalue weighted by Gasteiger charge is 2.25. The summed E-state index contributed by atoms with van der Waals surface area (Å²) < 4.78 is 11.9. The highest BCUT2D eigenvalue weighted by atomic mass is 16.5. The van der Waals surface area contributed by atoms with Crippen molar-refractivity contribution in [3.63, 3.8) is 0 Å².